The van der Waals surface area contributed by atoms with Crippen LogP contribution in [0.25, 0.3) is 27.3 Å². The molecule has 0 unspecified atom stereocenters. The number of nitrogens with zero attached hydrogens (tertiary/aromatic N) is 2. The second-order valence-electron chi connectivity index (χ2n) is 7.71. The second-order valence-corrected chi connectivity index (χ2v) is 7.71. The summed E-state index contributed by atoms with van der Waals surface area (Å²) < 4.78 is 2.37. The molecule has 2 nitrogen and oxygen atoms in total. The maximum absolute atomic E-state index is 4.79. The predicted octanol–water partition coefficient (Wildman–Crippen LogP) is 5.01. The standard InChI is InChI=1S/C21H19N2.Ir/c1-20(2)16-11-7-10-14-13-8-5-6-9-15(13)19-22-12-17(21(20,3)4)23(19)18(14)16;/h5-8,10-12H,1-4H3;/q-1;. The Bertz CT molecular complexity index is 1120. The zero-order valence-corrected chi connectivity index (χ0v) is 16.7. The van der Waals surface area contributed by atoms with E-state index in [9.17, 15) is 0 Å². The van der Waals surface area contributed by atoms with Crippen LogP contribution in [-0.4, -0.2) is 9.38 Å². The quantitative estimate of drug-likeness (QED) is 0.250. The molecule has 0 bridgehead atoms. The van der Waals surface area contributed by atoms with Crippen LogP contribution in [0.4, 0.5) is 0 Å². The first-order valence-corrected chi connectivity index (χ1v) is 8.18. The van der Waals surface area contributed by atoms with Gasteiger partial charge in [-0.15, -0.1) is 29.7 Å². The van der Waals surface area contributed by atoms with Crippen molar-refractivity contribution in [3.05, 3.63) is 59.9 Å². The summed E-state index contributed by atoms with van der Waals surface area (Å²) in [5.41, 5.74) is 5.09. The Hall–Kier alpha value is -1.70. The summed E-state index contributed by atoms with van der Waals surface area (Å²) in [5, 5.41) is 3.65. The first-order valence-electron chi connectivity index (χ1n) is 8.18. The van der Waals surface area contributed by atoms with Crippen molar-refractivity contribution in [3.63, 3.8) is 0 Å². The Morgan fingerprint density at radius 3 is 2.50 bits per heavy atom. The monoisotopic (exact) mass is 492 g/mol. The van der Waals surface area contributed by atoms with E-state index in [-0.39, 0.29) is 30.9 Å². The molecule has 1 radical (unpaired) electrons. The van der Waals surface area contributed by atoms with E-state index in [1.54, 1.807) is 0 Å². The molecule has 1 aliphatic heterocycles. The maximum Gasteiger partial charge on any atom is 0.0611 e. The Morgan fingerprint density at radius 1 is 0.958 bits per heavy atom. The molecule has 4 aromatic rings. The molecule has 3 heterocycles. The number of pyridine rings is 1. The molecule has 0 fully saturated rings. The normalized spacial score (nSPS) is 17.5. The van der Waals surface area contributed by atoms with Gasteiger partial charge in [-0.25, -0.2) is 0 Å². The van der Waals surface area contributed by atoms with Crippen LogP contribution >= 0.6 is 0 Å². The molecular weight excluding hydrogens is 472 g/mol. The van der Waals surface area contributed by atoms with Crippen LogP contribution in [0.5, 0.6) is 0 Å². The number of rotatable bonds is 0. The molecular formula is C21H19IrN2-. The van der Waals surface area contributed by atoms with Crippen LogP contribution in [0.1, 0.15) is 39.0 Å². The van der Waals surface area contributed by atoms with Gasteiger partial charge in [-0.3, -0.25) is 4.98 Å². The summed E-state index contributed by atoms with van der Waals surface area (Å²) in [5.74, 6) is 0. The van der Waals surface area contributed by atoms with Gasteiger partial charge < -0.3 is 4.40 Å². The minimum Gasteiger partial charge on any atom is -0.337 e. The minimum atomic E-state index is 0. The second kappa shape index (κ2) is 4.68. The molecule has 0 N–H and O–H groups in total. The van der Waals surface area contributed by atoms with Crippen molar-refractivity contribution < 1.29 is 20.1 Å². The van der Waals surface area contributed by atoms with Crippen molar-refractivity contribution in [1.82, 2.24) is 9.38 Å². The van der Waals surface area contributed by atoms with Gasteiger partial charge in [-0.2, -0.15) is 0 Å². The van der Waals surface area contributed by atoms with E-state index in [2.05, 4.69) is 74.7 Å². The molecule has 1 aliphatic rings. The molecule has 0 atom stereocenters. The molecule has 0 saturated heterocycles. The Labute approximate surface area is 155 Å². The summed E-state index contributed by atoms with van der Waals surface area (Å²) >= 11 is 0. The van der Waals surface area contributed by atoms with Gasteiger partial charge in [0.25, 0.3) is 0 Å². The average molecular weight is 492 g/mol. The summed E-state index contributed by atoms with van der Waals surface area (Å²) in [6.45, 7) is 9.37. The number of fused-ring (bicyclic) bond motifs is 3. The Balaban J connectivity index is 0.00000146. The van der Waals surface area contributed by atoms with E-state index in [4.69, 9.17) is 4.98 Å². The van der Waals surface area contributed by atoms with E-state index in [0.717, 1.165) is 11.0 Å². The van der Waals surface area contributed by atoms with Gasteiger partial charge in [0, 0.05) is 48.3 Å². The van der Waals surface area contributed by atoms with Crippen molar-refractivity contribution in [2.75, 3.05) is 0 Å². The van der Waals surface area contributed by atoms with E-state index >= 15 is 0 Å². The predicted molar refractivity (Wildman–Crippen MR) is 95.1 cm³/mol. The van der Waals surface area contributed by atoms with Gasteiger partial charge in [0.2, 0.25) is 0 Å². The Kier molecular flexibility index (Phi) is 3.08. The molecule has 3 heteroatoms. The number of hydrogen-bond donors (Lipinski definition) is 0. The molecule has 24 heavy (non-hydrogen) atoms. The van der Waals surface area contributed by atoms with Crippen LogP contribution in [0.3, 0.4) is 0 Å². The first kappa shape index (κ1) is 15.8. The molecule has 0 spiro atoms. The zero-order chi connectivity index (χ0) is 16.0. The number of hydrogen-bond acceptors (Lipinski definition) is 1. The van der Waals surface area contributed by atoms with Gasteiger partial charge in [-0.1, -0.05) is 51.3 Å². The van der Waals surface area contributed by atoms with Gasteiger partial charge in [0.05, 0.1) is 5.65 Å². The van der Waals surface area contributed by atoms with Gasteiger partial charge >= 0.3 is 0 Å². The number of para-hydroxylation sites is 1. The van der Waals surface area contributed by atoms with Crippen LogP contribution < -0.4 is 0 Å². The van der Waals surface area contributed by atoms with Crippen LogP contribution in [0.15, 0.2) is 42.6 Å². The van der Waals surface area contributed by atoms with Gasteiger partial charge in [0.1, 0.15) is 0 Å². The van der Waals surface area contributed by atoms with Crippen molar-refractivity contribution >= 4 is 27.3 Å². The van der Waals surface area contributed by atoms with Crippen molar-refractivity contribution in [1.29, 1.82) is 0 Å². The minimum absolute atomic E-state index is 0. The molecule has 123 valence electrons. The fourth-order valence-electron chi connectivity index (χ4n) is 4.20. The van der Waals surface area contributed by atoms with Crippen molar-refractivity contribution in [3.8, 4) is 0 Å². The average Bonchev–Trinajstić information content (AvgIpc) is 2.99. The van der Waals surface area contributed by atoms with E-state index in [1.165, 1.54) is 27.5 Å². The van der Waals surface area contributed by atoms with E-state index < -0.39 is 0 Å². The van der Waals surface area contributed by atoms with Crippen LogP contribution in [-0.2, 0) is 30.9 Å². The Morgan fingerprint density at radius 2 is 1.71 bits per heavy atom. The molecule has 2 aromatic heterocycles. The van der Waals surface area contributed by atoms with Gasteiger partial charge in [0.15, 0.2) is 0 Å². The van der Waals surface area contributed by atoms with Gasteiger partial charge in [-0.05, 0) is 10.9 Å². The van der Waals surface area contributed by atoms with E-state index in [1.807, 2.05) is 6.07 Å². The van der Waals surface area contributed by atoms with E-state index in [0.29, 0.717) is 0 Å². The summed E-state index contributed by atoms with van der Waals surface area (Å²) in [4.78, 5) is 4.79. The summed E-state index contributed by atoms with van der Waals surface area (Å²) in [6.07, 6.45) is 2.06. The molecule has 2 aromatic carbocycles. The maximum atomic E-state index is 4.79. The topological polar surface area (TPSA) is 17.3 Å². The fraction of sp³-hybridized carbons (Fsp3) is 0.286. The third kappa shape index (κ3) is 1.57. The third-order valence-corrected chi connectivity index (χ3v) is 6.27. The number of aromatic nitrogens is 2. The SMILES string of the molecule is CC1(C)c2cccc3c4ccc[c-]c4c4ncc(n4c23)C1(C)C.[Ir]. The van der Waals surface area contributed by atoms with Crippen molar-refractivity contribution in [2.45, 2.75) is 38.5 Å². The van der Waals surface area contributed by atoms with Crippen molar-refractivity contribution in [2.24, 2.45) is 0 Å². The summed E-state index contributed by atoms with van der Waals surface area (Å²) in [6, 6.07) is 16.3. The molecule has 5 rings (SSSR count). The largest absolute Gasteiger partial charge is 0.337 e. The first-order chi connectivity index (χ1) is 10.9. The smallest absolute Gasteiger partial charge is 0.0611 e. The molecule has 0 saturated carbocycles. The molecule has 0 aliphatic carbocycles. The van der Waals surface area contributed by atoms with Crippen LogP contribution in [0.2, 0.25) is 0 Å². The zero-order valence-electron chi connectivity index (χ0n) is 14.3. The number of benzene rings is 2. The summed E-state index contributed by atoms with van der Waals surface area (Å²) in [7, 11) is 0. The number of imidazole rings is 1. The molecule has 0 amide bonds. The third-order valence-electron chi connectivity index (χ3n) is 6.27. The van der Waals surface area contributed by atoms with Crippen LogP contribution in [0, 0.1) is 6.07 Å². The fourth-order valence-corrected chi connectivity index (χ4v) is 4.20.